The Morgan fingerprint density at radius 1 is 1.22 bits per heavy atom. The topological polar surface area (TPSA) is 35.5 Å². The number of allylic oxidation sites excluding steroid dienone is 1. The largest absolute Gasteiger partial charge is 0.458 e. The van der Waals surface area contributed by atoms with Crippen LogP contribution in [0.1, 0.15) is 18.4 Å². The van der Waals surface area contributed by atoms with Crippen molar-refractivity contribution in [2.75, 3.05) is 13.2 Å². The average Bonchev–Trinajstić information content (AvgIpc) is 2.50. The molecule has 0 fully saturated rings. The van der Waals surface area contributed by atoms with Crippen molar-refractivity contribution in [3.8, 4) is 0 Å². The van der Waals surface area contributed by atoms with Gasteiger partial charge in [-0.15, -0.1) is 6.58 Å². The highest BCUT2D eigenvalue weighted by molar-refractivity contribution is 6.67. The molecule has 0 aliphatic rings. The maximum atomic E-state index is 11.7. The van der Waals surface area contributed by atoms with Crippen LogP contribution in [0.5, 0.6) is 0 Å². The van der Waals surface area contributed by atoms with Crippen molar-refractivity contribution in [3.63, 3.8) is 0 Å². The second-order valence-corrected chi connectivity index (χ2v) is 7.32. The second kappa shape index (κ2) is 10.7. The molecule has 0 N–H and O–H groups in total. The zero-order valence-electron chi connectivity index (χ0n) is 12.6. The molecule has 0 bridgehead atoms. The van der Waals surface area contributed by atoms with Crippen LogP contribution < -0.4 is 0 Å². The van der Waals surface area contributed by atoms with Crippen LogP contribution in [0.15, 0.2) is 54.6 Å². The smallest absolute Gasteiger partial charge is 0.330 e. The predicted octanol–water partition coefficient (Wildman–Crippen LogP) is 5.01. The summed E-state index contributed by atoms with van der Waals surface area (Å²) in [6.07, 6.45) is 4.27. The molecule has 0 heterocycles. The first-order chi connectivity index (χ1) is 10.9. The lowest BCUT2D eigenvalue weighted by molar-refractivity contribution is -0.137. The number of carbonyl (C=O) groups excluding carboxylic acids is 1. The summed E-state index contributed by atoms with van der Waals surface area (Å²) in [7, 11) is 0. The van der Waals surface area contributed by atoms with Crippen molar-refractivity contribution in [1.82, 2.24) is 0 Å². The molecule has 0 radical (unpaired) electrons. The molecule has 1 rings (SSSR count). The minimum Gasteiger partial charge on any atom is -0.458 e. The Morgan fingerprint density at radius 3 is 2.52 bits per heavy atom. The maximum Gasteiger partial charge on any atom is 0.330 e. The van der Waals surface area contributed by atoms with E-state index in [1.807, 2.05) is 30.3 Å². The van der Waals surface area contributed by atoms with Crippen LogP contribution in [0, 0.1) is 0 Å². The van der Waals surface area contributed by atoms with Crippen LogP contribution in [0.25, 0.3) is 0 Å². The van der Waals surface area contributed by atoms with Gasteiger partial charge in [0, 0.05) is 6.08 Å². The van der Waals surface area contributed by atoms with E-state index in [0.29, 0.717) is 26.1 Å². The monoisotopic (exact) mass is 376 g/mol. The van der Waals surface area contributed by atoms with Crippen molar-refractivity contribution in [3.05, 3.63) is 60.2 Å². The first kappa shape index (κ1) is 20.0. The van der Waals surface area contributed by atoms with Gasteiger partial charge < -0.3 is 9.47 Å². The van der Waals surface area contributed by atoms with E-state index in [4.69, 9.17) is 44.3 Å². The molecule has 0 amide bonds. The third-order valence-electron chi connectivity index (χ3n) is 2.79. The first-order valence-corrected chi connectivity index (χ1v) is 8.19. The summed E-state index contributed by atoms with van der Waals surface area (Å²) in [5, 5.41) is 0. The number of esters is 1. The van der Waals surface area contributed by atoms with Gasteiger partial charge in [0.25, 0.3) is 0 Å². The highest BCUT2D eigenvalue weighted by atomic mass is 35.6. The van der Waals surface area contributed by atoms with Crippen molar-refractivity contribution >= 4 is 40.8 Å². The summed E-state index contributed by atoms with van der Waals surface area (Å²) in [5.74, 6) is -0.545. The Hall–Kier alpha value is -1.00. The fraction of sp³-hybridized carbons (Fsp3) is 0.353. The third-order valence-corrected chi connectivity index (χ3v) is 3.11. The van der Waals surface area contributed by atoms with E-state index in [1.165, 1.54) is 6.08 Å². The van der Waals surface area contributed by atoms with Crippen molar-refractivity contribution in [2.24, 2.45) is 0 Å². The van der Waals surface area contributed by atoms with Crippen LogP contribution in [-0.4, -0.2) is 23.0 Å². The number of hydrogen-bond acceptors (Lipinski definition) is 3. The molecule has 0 saturated heterocycles. The van der Waals surface area contributed by atoms with Gasteiger partial charge in [-0.1, -0.05) is 76.8 Å². The van der Waals surface area contributed by atoms with Gasteiger partial charge in [0.2, 0.25) is 3.79 Å². The van der Waals surface area contributed by atoms with Crippen LogP contribution in [0.2, 0.25) is 0 Å². The van der Waals surface area contributed by atoms with Crippen molar-refractivity contribution in [2.45, 2.75) is 23.2 Å². The average molecular weight is 378 g/mol. The number of carbonyl (C=O) groups is 1. The molecular weight excluding hydrogens is 359 g/mol. The molecular formula is C17H19Cl3O3. The van der Waals surface area contributed by atoms with Crippen molar-refractivity contribution in [1.29, 1.82) is 0 Å². The van der Waals surface area contributed by atoms with Crippen LogP contribution in [0.4, 0.5) is 0 Å². The van der Waals surface area contributed by atoms with Crippen molar-refractivity contribution < 1.29 is 14.3 Å². The Balaban J connectivity index is 2.39. The molecule has 0 unspecified atom stereocenters. The number of benzene rings is 1. The number of halogens is 3. The summed E-state index contributed by atoms with van der Waals surface area (Å²) in [4.78, 5) is 11.7. The molecule has 0 aliphatic carbocycles. The van der Waals surface area contributed by atoms with E-state index in [0.717, 1.165) is 11.1 Å². The Morgan fingerprint density at radius 2 is 1.91 bits per heavy atom. The summed E-state index contributed by atoms with van der Waals surface area (Å²) in [5.41, 5.74) is 1.95. The number of hydrogen-bond donors (Lipinski definition) is 0. The zero-order chi connectivity index (χ0) is 17.1. The summed E-state index contributed by atoms with van der Waals surface area (Å²) in [6.45, 7) is 4.40. The highest BCUT2D eigenvalue weighted by Gasteiger charge is 2.21. The van der Waals surface area contributed by atoms with Gasteiger partial charge in [0.15, 0.2) is 0 Å². The number of ether oxygens (including phenoxy) is 2. The lowest BCUT2D eigenvalue weighted by Gasteiger charge is -2.11. The fourth-order valence-electron chi connectivity index (χ4n) is 1.75. The van der Waals surface area contributed by atoms with Crippen LogP contribution >= 0.6 is 34.8 Å². The van der Waals surface area contributed by atoms with Gasteiger partial charge in [-0.05, 0) is 18.4 Å². The number of rotatable bonds is 9. The first-order valence-electron chi connectivity index (χ1n) is 7.06. The molecule has 1 aromatic rings. The molecule has 23 heavy (non-hydrogen) atoms. The third kappa shape index (κ3) is 10.4. The van der Waals surface area contributed by atoms with E-state index in [9.17, 15) is 4.79 Å². The van der Waals surface area contributed by atoms with Gasteiger partial charge >= 0.3 is 5.97 Å². The molecule has 0 saturated carbocycles. The Bertz CT molecular complexity index is 522. The van der Waals surface area contributed by atoms with Crippen LogP contribution in [-0.2, 0) is 20.9 Å². The van der Waals surface area contributed by atoms with Gasteiger partial charge in [-0.2, -0.15) is 0 Å². The Kier molecular flexibility index (Phi) is 9.34. The van der Waals surface area contributed by atoms with E-state index in [-0.39, 0.29) is 6.61 Å². The predicted molar refractivity (Wildman–Crippen MR) is 94.9 cm³/mol. The van der Waals surface area contributed by atoms with Gasteiger partial charge in [-0.3, -0.25) is 0 Å². The zero-order valence-corrected chi connectivity index (χ0v) is 14.9. The minimum absolute atomic E-state index is 0.293. The Labute approximate surface area is 151 Å². The van der Waals surface area contributed by atoms with Gasteiger partial charge in [0.1, 0.15) is 6.61 Å². The van der Waals surface area contributed by atoms with Crippen LogP contribution in [0.3, 0.4) is 0 Å². The quantitative estimate of drug-likeness (QED) is 0.199. The molecule has 0 aliphatic heterocycles. The van der Waals surface area contributed by atoms with E-state index >= 15 is 0 Å². The minimum atomic E-state index is -1.61. The van der Waals surface area contributed by atoms with E-state index in [1.54, 1.807) is 6.08 Å². The second-order valence-electron chi connectivity index (χ2n) is 4.81. The lowest BCUT2D eigenvalue weighted by Crippen LogP contribution is -2.16. The summed E-state index contributed by atoms with van der Waals surface area (Å²) in [6, 6.07) is 9.87. The fourth-order valence-corrected chi connectivity index (χ4v) is 1.91. The molecule has 0 spiro atoms. The molecule has 1 aromatic carbocycles. The molecule has 6 heteroatoms. The lowest BCUT2D eigenvalue weighted by atomic mass is 10.1. The van der Waals surface area contributed by atoms with E-state index < -0.39 is 9.76 Å². The molecule has 3 nitrogen and oxygen atoms in total. The standard InChI is InChI=1S/C17H19Cl3O3/c1-2-6-14(11-16(21)23-13-17(18,19)20)9-10-22-12-15-7-4-3-5-8-15/h2-5,7-8,11H,1,6,9-10,12-13H2/b14-11+. The SMILES string of the molecule is C=CC/C(=C\C(=O)OCC(Cl)(Cl)Cl)CCOCc1ccccc1. The van der Waals surface area contributed by atoms with Gasteiger partial charge in [-0.25, -0.2) is 4.79 Å². The highest BCUT2D eigenvalue weighted by Crippen LogP contribution is 2.26. The van der Waals surface area contributed by atoms with Gasteiger partial charge in [0.05, 0.1) is 13.2 Å². The molecule has 0 atom stereocenters. The normalized spacial score (nSPS) is 12.0. The molecule has 126 valence electrons. The molecule has 0 aromatic heterocycles. The number of alkyl halides is 3. The summed E-state index contributed by atoms with van der Waals surface area (Å²) >= 11 is 16.6. The van der Waals surface area contributed by atoms with E-state index in [2.05, 4.69) is 6.58 Å². The maximum absolute atomic E-state index is 11.7. The summed E-state index contributed by atoms with van der Waals surface area (Å²) < 4.78 is 8.86.